The number of carbonyl (C=O) groups is 2. The topological polar surface area (TPSA) is 85.9 Å². The van der Waals surface area contributed by atoms with Gasteiger partial charge in [0, 0.05) is 10.2 Å². The number of esters is 1. The molecule has 2 heterocycles. The predicted molar refractivity (Wildman–Crippen MR) is 104 cm³/mol. The van der Waals surface area contributed by atoms with Gasteiger partial charge in [0.05, 0.1) is 11.6 Å². The van der Waals surface area contributed by atoms with Gasteiger partial charge in [0.25, 0.3) is 0 Å². The van der Waals surface area contributed by atoms with Gasteiger partial charge in [-0.2, -0.15) is 0 Å². The maximum Gasteiger partial charge on any atom is 0.338 e. The van der Waals surface area contributed by atoms with Gasteiger partial charge in [0.15, 0.2) is 11.5 Å². The molecule has 1 atom stereocenters. The van der Waals surface area contributed by atoms with Crippen molar-refractivity contribution in [2.75, 3.05) is 6.79 Å². The van der Waals surface area contributed by atoms with E-state index in [0.717, 1.165) is 15.6 Å². The number of nitrogens with one attached hydrogen (secondary N) is 2. The van der Waals surface area contributed by atoms with Gasteiger partial charge in [-0.3, -0.25) is 0 Å². The molecule has 28 heavy (non-hydrogen) atoms. The summed E-state index contributed by atoms with van der Waals surface area (Å²) in [7, 11) is 0. The van der Waals surface area contributed by atoms with Crippen molar-refractivity contribution in [1.29, 1.82) is 0 Å². The van der Waals surface area contributed by atoms with E-state index < -0.39 is 12.0 Å². The lowest BCUT2D eigenvalue weighted by Crippen LogP contribution is -2.45. The highest BCUT2D eigenvalue weighted by Crippen LogP contribution is 2.33. The van der Waals surface area contributed by atoms with E-state index in [1.54, 1.807) is 19.1 Å². The molecule has 2 aliphatic heterocycles. The van der Waals surface area contributed by atoms with E-state index >= 15 is 0 Å². The molecule has 8 heteroatoms. The minimum atomic E-state index is -0.601. The molecule has 2 aromatic carbocycles. The van der Waals surface area contributed by atoms with Crippen LogP contribution in [-0.4, -0.2) is 18.8 Å². The lowest BCUT2D eigenvalue weighted by molar-refractivity contribution is -0.140. The number of allylic oxidation sites excluding steroid dienone is 1. The molecule has 144 valence electrons. The maximum atomic E-state index is 12.9. The number of ether oxygens (including phenoxy) is 3. The lowest BCUT2D eigenvalue weighted by atomic mass is 9.96. The first-order chi connectivity index (χ1) is 13.5. The summed E-state index contributed by atoms with van der Waals surface area (Å²) in [5.74, 6) is 0.790. The summed E-state index contributed by atoms with van der Waals surface area (Å²) in [5, 5.41) is 5.42. The average Bonchev–Trinajstić information content (AvgIpc) is 3.13. The second-order valence-corrected chi connectivity index (χ2v) is 7.30. The van der Waals surface area contributed by atoms with Crippen molar-refractivity contribution in [3.63, 3.8) is 0 Å². The fourth-order valence-corrected chi connectivity index (χ4v) is 3.57. The molecule has 0 aliphatic carbocycles. The summed E-state index contributed by atoms with van der Waals surface area (Å²) < 4.78 is 17.0. The highest BCUT2D eigenvalue weighted by molar-refractivity contribution is 9.10. The molecule has 0 aromatic heterocycles. The molecule has 4 rings (SSSR count). The van der Waals surface area contributed by atoms with E-state index in [2.05, 4.69) is 26.6 Å². The normalized spacial score (nSPS) is 17.8. The van der Waals surface area contributed by atoms with Gasteiger partial charge in [-0.15, -0.1) is 0 Å². The summed E-state index contributed by atoms with van der Waals surface area (Å²) in [6.07, 6.45) is 0. The standard InChI is InChI=1S/C20H17BrN2O5/c1-11-17(18(23-20(25)22-11)13-3-2-4-14(21)8-13)19(24)26-9-12-5-6-15-16(7-12)28-10-27-15/h2-8,18H,9-10H2,1H3,(H2,22,23,25)/t18-/m1/s1. The molecule has 2 N–H and O–H groups in total. The van der Waals surface area contributed by atoms with E-state index in [-0.39, 0.29) is 19.4 Å². The SMILES string of the molecule is CC1=C(C(=O)OCc2ccc3c(c2)OCO3)[C@@H](c2cccc(Br)c2)NC(=O)N1. The van der Waals surface area contributed by atoms with Crippen LogP contribution in [0.5, 0.6) is 11.5 Å². The molecular formula is C20H17BrN2O5. The summed E-state index contributed by atoms with van der Waals surface area (Å²) in [6.45, 7) is 1.94. The average molecular weight is 445 g/mol. The molecule has 0 radical (unpaired) electrons. The number of benzene rings is 2. The highest BCUT2D eigenvalue weighted by atomic mass is 79.9. The van der Waals surface area contributed by atoms with Crippen LogP contribution < -0.4 is 20.1 Å². The van der Waals surface area contributed by atoms with Crippen LogP contribution in [0.1, 0.15) is 24.1 Å². The number of rotatable bonds is 4. The van der Waals surface area contributed by atoms with Gasteiger partial charge in [0.1, 0.15) is 6.61 Å². The van der Waals surface area contributed by atoms with Crippen LogP contribution in [0.2, 0.25) is 0 Å². The van der Waals surface area contributed by atoms with Crippen LogP contribution in [0.25, 0.3) is 0 Å². The van der Waals surface area contributed by atoms with Gasteiger partial charge in [-0.1, -0.05) is 34.1 Å². The Morgan fingerprint density at radius 2 is 2.04 bits per heavy atom. The van der Waals surface area contributed by atoms with Crippen LogP contribution in [-0.2, 0) is 16.1 Å². The van der Waals surface area contributed by atoms with Crippen LogP contribution in [0.3, 0.4) is 0 Å². The first-order valence-corrected chi connectivity index (χ1v) is 9.40. The Bertz CT molecular complexity index is 988. The second-order valence-electron chi connectivity index (χ2n) is 6.39. The smallest absolute Gasteiger partial charge is 0.338 e. The Kier molecular flexibility index (Phi) is 4.95. The lowest BCUT2D eigenvalue weighted by Gasteiger charge is -2.28. The molecule has 7 nitrogen and oxygen atoms in total. The summed E-state index contributed by atoms with van der Waals surface area (Å²) in [6, 6.07) is 11.8. The summed E-state index contributed by atoms with van der Waals surface area (Å²) >= 11 is 3.42. The molecule has 2 aromatic rings. The predicted octanol–water partition coefficient (Wildman–Crippen LogP) is 3.55. The molecule has 0 saturated carbocycles. The van der Waals surface area contributed by atoms with Crippen molar-refractivity contribution < 1.29 is 23.8 Å². The molecule has 0 spiro atoms. The third kappa shape index (κ3) is 3.68. The summed E-state index contributed by atoms with van der Waals surface area (Å²) in [4.78, 5) is 24.8. The van der Waals surface area contributed by atoms with Crippen molar-refractivity contribution in [3.8, 4) is 11.5 Å². The van der Waals surface area contributed by atoms with E-state index in [1.807, 2.05) is 30.3 Å². The van der Waals surface area contributed by atoms with Crippen LogP contribution in [0.15, 0.2) is 58.2 Å². The Labute approximate surface area is 169 Å². The van der Waals surface area contributed by atoms with Gasteiger partial charge in [-0.05, 0) is 42.3 Å². The van der Waals surface area contributed by atoms with Crippen LogP contribution in [0.4, 0.5) is 4.79 Å². The Morgan fingerprint density at radius 1 is 1.21 bits per heavy atom. The van der Waals surface area contributed by atoms with Gasteiger partial charge in [0.2, 0.25) is 6.79 Å². The Balaban J connectivity index is 1.55. The van der Waals surface area contributed by atoms with E-state index in [0.29, 0.717) is 22.8 Å². The third-order valence-electron chi connectivity index (χ3n) is 4.48. The fraction of sp³-hybridized carbons (Fsp3) is 0.200. The molecule has 2 amide bonds. The Morgan fingerprint density at radius 3 is 2.86 bits per heavy atom. The minimum Gasteiger partial charge on any atom is -0.457 e. The van der Waals surface area contributed by atoms with E-state index in [4.69, 9.17) is 14.2 Å². The number of hydrogen-bond acceptors (Lipinski definition) is 5. The van der Waals surface area contributed by atoms with E-state index in [9.17, 15) is 9.59 Å². The zero-order valence-electron chi connectivity index (χ0n) is 15.0. The van der Waals surface area contributed by atoms with Crippen LogP contribution in [0, 0.1) is 0 Å². The fourth-order valence-electron chi connectivity index (χ4n) is 3.16. The van der Waals surface area contributed by atoms with Crippen molar-refractivity contribution >= 4 is 27.9 Å². The molecule has 0 unspecified atom stereocenters. The van der Waals surface area contributed by atoms with Crippen molar-refractivity contribution in [2.45, 2.75) is 19.6 Å². The first kappa shape index (κ1) is 18.4. The quantitative estimate of drug-likeness (QED) is 0.704. The molecule has 0 saturated heterocycles. The second kappa shape index (κ2) is 7.55. The number of halogens is 1. The number of hydrogen-bond donors (Lipinski definition) is 2. The van der Waals surface area contributed by atoms with Crippen LogP contribution >= 0.6 is 15.9 Å². The number of urea groups is 1. The first-order valence-electron chi connectivity index (χ1n) is 8.60. The number of fused-ring (bicyclic) bond motifs is 1. The molecule has 0 fully saturated rings. The van der Waals surface area contributed by atoms with Gasteiger partial charge in [-0.25, -0.2) is 9.59 Å². The van der Waals surface area contributed by atoms with Crippen molar-refractivity contribution in [1.82, 2.24) is 10.6 Å². The number of carbonyl (C=O) groups excluding carboxylic acids is 2. The van der Waals surface area contributed by atoms with Gasteiger partial charge >= 0.3 is 12.0 Å². The molecule has 2 aliphatic rings. The maximum absolute atomic E-state index is 12.9. The monoisotopic (exact) mass is 444 g/mol. The highest BCUT2D eigenvalue weighted by Gasteiger charge is 2.32. The minimum absolute atomic E-state index is 0.0748. The zero-order chi connectivity index (χ0) is 19.7. The van der Waals surface area contributed by atoms with E-state index in [1.165, 1.54) is 0 Å². The molecular weight excluding hydrogens is 428 g/mol. The van der Waals surface area contributed by atoms with Gasteiger partial charge < -0.3 is 24.8 Å². The largest absolute Gasteiger partial charge is 0.457 e. The third-order valence-corrected chi connectivity index (χ3v) is 4.97. The molecule has 0 bridgehead atoms. The summed E-state index contributed by atoms with van der Waals surface area (Å²) in [5.41, 5.74) is 2.38. The number of amides is 2. The Hall–Kier alpha value is -3.00. The van der Waals surface area contributed by atoms with Crippen molar-refractivity contribution in [2.24, 2.45) is 0 Å². The zero-order valence-corrected chi connectivity index (χ0v) is 16.5. The van der Waals surface area contributed by atoms with Crippen molar-refractivity contribution in [3.05, 3.63) is 69.3 Å².